The number of hydrogen-bond donors (Lipinski definition) is 1. The Hall–Kier alpha value is -2.66. The summed E-state index contributed by atoms with van der Waals surface area (Å²) in [4.78, 5) is 29.3. The summed E-state index contributed by atoms with van der Waals surface area (Å²) in [5.41, 5.74) is -2.45. The van der Waals surface area contributed by atoms with E-state index < -0.39 is 16.7 Å². The molecule has 3 aliphatic heterocycles. The third-order valence-corrected chi connectivity index (χ3v) is 6.28. The Bertz CT molecular complexity index is 853. The van der Waals surface area contributed by atoms with Crippen LogP contribution in [0.1, 0.15) is 24.8 Å². The highest BCUT2D eigenvalue weighted by Crippen LogP contribution is 2.67. The van der Waals surface area contributed by atoms with Crippen molar-refractivity contribution in [3.63, 3.8) is 0 Å². The maximum atomic E-state index is 13.1. The molecule has 3 heterocycles. The van der Waals surface area contributed by atoms with E-state index in [2.05, 4.69) is 19.7 Å². The third-order valence-electron chi connectivity index (χ3n) is 6.28. The van der Waals surface area contributed by atoms with E-state index in [9.17, 15) is 14.7 Å². The molecule has 0 aromatic heterocycles. The van der Waals surface area contributed by atoms with Crippen molar-refractivity contribution in [2.45, 2.75) is 30.5 Å². The molecule has 5 heteroatoms. The molecule has 4 rings (SSSR count). The lowest BCUT2D eigenvalue weighted by Gasteiger charge is -2.59. The molecule has 0 aliphatic carbocycles. The molecule has 1 spiro atoms. The smallest absolute Gasteiger partial charge is 0.229 e. The van der Waals surface area contributed by atoms with Gasteiger partial charge in [0.2, 0.25) is 11.8 Å². The Morgan fingerprint density at radius 3 is 2.46 bits per heavy atom. The third kappa shape index (κ3) is 1.51. The number of para-hydroxylation sites is 1. The zero-order valence-electron chi connectivity index (χ0n) is 14.6. The van der Waals surface area contributed by atoms with Crippen LogP contribution in [0.25, 0.3) is 0 Å². The van der Waals surface area contributed by atoms with Crippen LogP contribution in [0.2, 0.25) is 0 Å². The summed E-state index contributed by atoms with van der Waals surface area (Å²) < 4.78 is 0. The van der Waals surface area contributed by atoms with Gasteiger partial charge in [-0.3, -0.25) is 14.5 Å². The van der Waals surface area contributed by atoms with E-state index in [4.69, 9.17) is 0 Å². The first-order valence-corrected chi connectivity index (χ1v) is 8.77. The number of carbonyl (C=O) groups is 2. The van der Waals surface area contributed by atoms with E-state index in [1.807, 2.05) is 18.2 Å². The summed E-state index contributed by atoms with van der Waals surface area (Å²) in [5.74, 6) is -0.328. The van der Waals surface area contributed by atoms with Gasteiger partial charge in [-0.25, -0.2) is 0 Å². The first-order chi connectivity index (χ1) is 12.4. The number of benzene rings is 1. The van der Waals surface area contributed by atoms with Gasteiger partial charge in [0.15, 0.2) is 5.66 Å². The second-order valence-electron chi connectivity index (χ2n) is 7.20. The molecular formula is C21H22N2O3. The van der Waals surface area contributed by atoms with Gasteiger partial charge < -0.3 is 10.0 Å². The number of anilines is 1. The maximum absolute atomic E-state index is 13.1. The molecule has 2 saturated heterocycles. The average molecular weight is 350 g/mol. The fourth-order valence-corrected chi connectivity index (χ4v) is 5.32. The first-order valence-electron chi connectivity index (χ1n) is 8.77. The van der Waals surface area contributed by atoms with Crippen LogP contribution in [0.3, 0.4) is 0 Å². The number of likely N-dealkylation sites (tertiary alicyclic amines) is 1. The van der Waals surface area contributed by atoms with Crippen LogP contribution in [0, 0.1) is 5.41 Å². The molecule has 3 aliphatic rings. The Morgan fingerprint density at radius 2 is 1.81 bits per heavy atom. The summed E-state index contributed by atoms with van der Waals surface area (Å²) in [5, 5.41) is 12.0. The van der Waals surface area contributed by atoms with Crippen LogP contribution in [0.5, 0.6) is 0 Å². The fraction of sp³-hybridized carbons (Fsp3) is 0.333. The average Bonchev–Trinajstić information content (AvgIpc) is 3.00. The van der Waals surface area contributed by atoms with Crippen molar-refractivity contribution in [3.05, 3.63) is 67.8 Å². The minimum absolute atomic E-state index is 0.0922. The summed E-state index contributed by atoms with van der Waals surface area (Å²) in [7, 11) is 0. The first kappa shape index (κ1) is 16.8. The lowest BCUT2D eigenvalue weighted by molar-refractivity contribution is -0.148. The Kier molecular flexibility index (Phi) is 3.34. The largest absolute Gasteiger partial charge is 0.380 e. The number of fused-ring (bicyclic) bond motifs is 3. The number of carbonyl (C=O) groups excluding carboxylic acids is 2. The number of aliphatic hydroxyl groups is 1. The second kappa shape index (κ2) is 5.17. The molecule has 2 atom stereocenters. The van der Waals surface area contributed by atoms with Crippen molar-refractivity contribution in [2.75, 3.05) is 11.4 Å². The van der Waals surface area contributed by atoms with Crippen molar-refractivity contribution in [2.24, 2.45) is 5.41 Å². The van der Waals surface area contributed by atoms with Crippen LogP contribution >= 0.6 is 0 Å². The molecule has 0 radical (unpaired) electrons. The van der Waals surface area contributed by atoms with Crippen molar-refractivity contribution in [1.29, 1.82) is 0 Å². The van der Waals surface area contributed by atoms with Crippen molar-refractivity contribution in [3.8, 4) is 0 Å². The predicted octanol–water partition coefficient (Wildman–Crippen LogP) is 2.49. The molecule has 1 aromatic rings. The van der Waals surface area contributed by atoms with Gasteiger partial charge in [-0.1, -0.05) is 36.4 Å². The molecule has 134 valence electrons. The van der Waals surface area contributed by atoms with E-state index in [0.717, 1.165) is 0 Å². The van der Waals surface area contributed by atoms with Crippen LogP contribution in [-0.2, 0) is 15.2 Å². The molecule has 0 bridgehead atoms. The lowest BCUT2D eigenvalue weighted by atomic mass is 9.62. The zero-order valence-corrected chi connectivity index (χ0v) is 14.6. The Balaban J connectivity index is 2.15. The standard InChI is InChI=1S/C21H22N2O3/c1-4-13-22-18(25)14-20(26)15-9-7-8-10-16(15)23-17(24)11-12-19(5-2,6-3)21(20,22)23/h4-10,26H,1-3,11-14H2/t20-,21-/m1/s1. The number of hydrogen-bond acceptors (Lipinski definition) is 3. The monoisotopic (exact) mass is 350 g/mol. The van der Waals surface area contributed by atoms with Gasteiger partial charge in [-0.2, -0.15) is 0 Å². The maximum Gasteiger partial charge on any atom is 0.229 e. The zero-order chi connectivity index (χ0) is 18.7. The molecule has 1 N–H and O–H groups in total. The number of piperidine rings is 1. The van der Waals surface area contributed by atoms with Crippen molar-refractivity contribution < 1.29 is 14.7 Å². The summed E-state index contributed by atoms with van der Waals surface area (Å²) in [6, 6.07) is 7.27. The molecule has 2 amide bonds. The highest BCUT2D eigenvalue weighted by atomic mass is 16.3. The number of rotatable bonds is 4. The Morgan fingerprint density at radius 1 is 1.12 bits per heavy atom. The van der Waals surface area contributed by atoms with Gasteiger partial charge in [0.05, 0.1) is 17.5 Å². The highest BCUT2D eigenvalue weighted by molar-refractivity contribution is 6.03. The van der Waals surface area contributed by atoms with Gasteiger partial charge >= 0.3 is 0 Å². The predicted molar refractivity (Wildman–Crippen MR) is 99.1 cm³/mol. The van der Waals surface area contributed by atoms with Crippen LogP contribution in [-0.4, -0.2) is 34.0 Å². The highest BCUT2D eigenvalue weighted by Gasteiger charge is 2.78. The summed E-state index contributed by atoms with van der Waals surface area (Å²) >= 11 is 0. The van der Waals surface area contributed by atoms with Gasteiger partial charge in [0.1, 0.15) is 5.60 Å². The van der Waals surface area contributed by atoms with E-state index in [1.54, 1.807) is 34.1 Å². The van der Waals surface area contributed by atoms with Crippen LogP contribution in [0.4, 0.5) is 5.69 Å². The van der Waals surface area contributed by atoms with Gasteiger partial charge in [-0.15, -0.1) is 19.7 Å². The van der Waals surface area contributed by atoms with Gasteiger partial charge in [-0.05, 0) is 12.5 Å². The normalized spacial score (nSPS) is 31.3. The minimum Gasteiger partial charge on any atom is -0.380 e. The quantitative estimate of drug-likeness (QED) is 0.849. The molecule has 1 aromatic carbocycles. The molecule has 0 unspecified atom stereocenters. The van der Waals surface area contributed by atoms with Gasteiger partial charge in [0.25, 0.3) is 0 Å². The van der Waals surface area contributed by atoms with E-state index in [0.29, 0.717) is 24.1 Å². The summed E-state index contributed by atoms with van der Waals surface area (Å²) in [6.07, 6.45) is 5.71. The molecular weight excluding hydrogens is 328 g/mol. The van der Waals surface area contributed by atoms with Gasteiger partial charge in [0, 0.05) is 18.5 Å². The van der Waals surface area contributed by atoms with Crippen molar-refractivity contribution in [1.82, 2.24) is 4.90 Å². The van der Waals surface area contributed by atoms with E-state index in [-0.39, 0.29) is 24.8 Å². The number of nitrogens with zero attached hydrogens (tertiary/aromatic N) is 2. The lowest BCUT2D eigenvalue weighted by Crippen LogP contribution is -2.75. The molecule has 2 fully saturated rings. The topological polar surface area (TPSA) is 60.9 Å². The SMILES string of the molecule is C=CCN1C(=O)C[C@@]2(O)c3ccccc3N3C(=O)CCC(C=C)(C=C)[C@@]132. The van der Waals surface area contributed by atoms with Crippen LogP contribution in [0.15, 0.2) is 62.2 Å². The van der Waals surface area contributed by atoms with Crippen LogP contribution < -0.4 is 4.90 Å². The molecule has 0 saturated carbocycles. The molecule has 26 heavy (non-hydrogen) atoms. The van der Waals surface area contributed by atoms with Crippen molar-refractivity contribution >= 4 is 17.5 Å². The second-order valence-corrected chi connectivity index (χ2v) is 7.20. The summed E-state index contributed by atoms with van der Waals surface area (Å²) in [6.45, 7) is 12.0. The minimum atomic E-state index is -1.54. The Labute approximate surface area is 152 Å². The number of amides is 2. The van der Waals surface area contributed by atoms with E-state index in [1.165, 1.54) is 0 Å². The fourth-order valence-electron chi connectivity index (χ4n) is 5.32. The molecule has 5 nitrogen and oxygen atoms in total. The van der Waals surface area contributed by atoms with E-state index >= 15 is 0 Å².